The molecular formula is C27H28BrN3O2S. The van der Waals surface area contributed by atoms with Crippen molar-refractivity contribution in [1.82, 2.24) is 14.5 Å². The second kappa shape index (κ2) is 10.7. The molecule has 34 heavy (non-hydrogen) atoms. The number of hydrogen-bond donors (Lipinski definition) is 0. The summed E-state index contributed by atoms with van der Waals surface area (Å²) in [6.07, 6.45) is 1.22. The SMILES string of the molecule is CC(C)CCN(C(=O)Cc1cccs1)C(C)c1nc2ccccc2c(=O)n1-c1ccc(Br)cc1. The van der Waals surface area contributed by atoms with Crippen molar-refractivity contribution in [1.29, 1.82) is 0 Å². The molecule has 0 aliphatic rings. The molecule has 176 valence electrons. The van der Waals surface area contributed by atoms with Crippen LogP contribution in [0.1, 0.15) is 43.9 Å². The molecule has 0 N–H and O–H groups in total. The highest BCUT2D eigenvalue weighted by Gasteiger charge is 2.27. The lowest BCUT2D eigenvalue weighted by molar-refractivity contribution is -0.133. The number of rotatable bonds is 8. The second-order valence-electron chi connectivity index (χ2n) is 8.81. The summed E-state index contributed by atoms with van der Waals surface area (Å²) in [5.41, 5.74) is 1.23. The summed E-state index contributed by atoms with van der Waals surface area (Å²) in [4.78, 5) is 35.0. The number of carbonyl (C=O) groups is 1. The van der Waals surface area contributed by atoms with Crippen LogP contribution in [0.3, 0.4) is 0 Å². The minimum atomic E-state index is -0.382. The van der Waals surface area contributed by atoms with Gasteiger partial charge in [-0.15, -0.1) is 11.3 Å². The fraction of sp³-hybridized carbons (Fsp3) is 0.296. The van der Waals surface area contributed by atoms with Gasteiger partial charge in [-0.1, -0.05) is 48.0 Å². The van der Waals surface area contributed by atoms with Crippen LogP contribution in [-0.4, -0.2) is 26.9 Å². The highest BCUT2D eigenvalue weighted by atomic mass is 79.9. The van der Waals surface area contributed by atoms with Crippen LogP contribution in [-0.2, 0) is 11.2 Å². The largest absolute Gasteiger partial charge is 0.332 e. The Morgan fingerprint density at radius 3 is 2.47 bits per heavy atom. The number of hydrogen-bond acceptors (Lipinski definition) is 4. The van der Waals surface area contributed by atoms with Gasteiger partial charge in [0, 0.05) is 15.9 Å². The van der Waals surface area contributed by atoms with Crippen molar-refractivity contribution in [3.05, 3.63) is 91.6 Å². The Labute approximate surface area is 212 Å². The number of fused-ring (bicyclic) bond motifs is 1. The number of amides is 1. The van der Waals surface area contributed by atoms with Crippen LogP contribution in [0.5, 0.6) is 0 Å². The zero-order chi connectivity index (χ0) is 24.2. The topological polar surface area (TPSA) is 55.2 Å². The Balaban J connectivity index is 1.84. The zero-order valence-corrected chi connectivity index (χ0v) is 22.0. The van der Waals surface area contributed by atoms with E-state index >= 15 is 0 Å². The molecule has 4 aromatic rings. The smallest absolute Gasteiger partial charge is 0.266 e. The standard InChI is InChI=1S/C27H28BrN3O2S/c1-18(2)14-15-30(25(32)17-22-7-6-16-34-22)19(3)26-29-24-9-5-4-8-23(24)27(33)31(26)21-12-10-20(28)11-13-21/h4-13,16,18-19H,14-15,17H2,1-3H3. The highest BCUT2D eigenvalue weighted by molar-refractivity contribution is 9.10. The van der Waals surface area contributed by atoms with E-state index in [4.69, 9.17) is 4.98 Å². The van der Waals surface area contributed by atoms with Crippen LogP contribution < -0.4 is 5.56 Å². The highest BCUT2D eigenvalue weighted by Crippen LogP contribution is 2.25. The maximum absolute atomic E-state index is 13.7. The molecule has 2 heterocycles. The van der Waals surface area contributed by atoms with E-state index in [1.165, 1.54) is 0 Å². The average Bonchev–Trinajstić information content (AvgIpc) is 3.32. The molecule has 0 radical (unpaired) electrons. The van der Waals surface area contributed by atoms with Crippen molar-refractivity contribution in [2.75, 3.05) is 6.54 Å². The van der Waals surface area contributed by atoms with E-state index in [0.717, 1.165) is 21.5 Å². The summed E-state index contributed by atoms with van der Waals surface area (Å²) in [5.74, 6) is 1.05. The van der Waals surface area contributed by atoms with Gasteiger partial charge in [-0.25, -0.2) is 4.98 Å². The van der Waals surface area contributed by atoms with Gasteiger partial charge < -0.3 is 4.90 Å². The summed E-state index contributed by atoms with van der Waals surface area (Å²) in [6.45, 7) is 6.88. The van der Waals surface area contributed by atoms with Crippen LogP contribution in [0.15, 0.2) is 75.3 Å². The Hall–Kier alpha value is -2.77. The minimum Gasteiger partial charge on any atom is -0.332 e. The van der Waals surface area contributed by atoms with Crippen molar-refractivity contribution >= 4 is 44.1 Å². The summed E-state index contributed by atoms with van der Waals surface area (Å²) in [6, 6.07) is 18.5. The van der Waals surface area contributed by atoms with Crippen molar-refractivity contribution in [3.63, 3.8) is 0 Å². The molecular weight excluding hydrogens is 510 g/mol. The molecule has 4 rings (SSSR count). The Bertz CT molecular complexity index is 1330. The van der Waals surface area contributed by atoms with Gasteiger partial charge in [0.1, 0.15) is 5.82 Å². The van der Waals surface area contributed by atoms with Crippen molar-refractivity contribution in [2.45, 2.75) is 39.7 Å². The second-order valence-corrected chi connectivity index (χ2v) is 10.8. The summed E-state index contributed by atoms with van der Waals surface area (Å²) in [7, 11) is 0. The number of carbonyl (C=O) groups excluding carboxylic acids is 1. The summed E-state index contributed by atoms with van der Waals surface area (Å²) in [5, 5.41) is 2.54. The third kappa shape index (κ3) is 5.31. The first kappa shape index (κ1) is 24.4. The first-order chi connectivity index (χ1) is 16.3. The molecule has 0 aliphatic carbocycles. The van der Waals surface area contributed by atoms with Gasteiger partial charge in [0.25, 0.3) is 5.56 Å². The first-order valence-electron chi connectivity index (χ1n) is 11.4. The van der Waals surface area contributed by atoms with Crippen molar-refractivity contribution < 1.29 is 4.79 Å². The Kier molecular flexibility index (Phi) is 7.63. The van der Waals surface area contributed by atoms with E-state index in [-0.39, 0.29) is 17.5 Å². The molecule has 0 spiro atoms. The van der Waals surface area contributed by atoms with E-state index in [1.807, 2.05) is 71.8 Å². The van der Waals surface area contributed by atoms with Gasteiger partial charge in [0.05, 0.1) is 29.1 Å². The molecule has 0 saturated carbocycles. The molecule has 1 atom stereocenters. The van der Waals surface area contributed by atoms with E-state index in [9.17, 15) is 9.59 Å². The third-order valence-corrected chi connectivity index (χ3v) is 7.31. The molecule has 7 heteroatoms. The number of aromatic nitrogens is 2. The maximum Gasteiger partial charge on any atom is 0.266 e. The molecule has 0 bridgehead atoms. The summed E-state index contributed by atoms with van der Waals surface area (Å²) < 4.78 is 2.58. The van der Waals surface area contributed by atoms with Crippen LogP contribution in [0, 0.1) is 5.92 Å². The van der Waals surface area contributed by atoms with Crippen LogP contribution >= 0.6 is 27.3 Å². The Morgan fingerprint density at radius 1 is 1.06 bits per heavy atom. The average molecular weight is 539 g/mol. The number of nitrogens with zero attached hydrogens (tertiary/aromatic N) is 3. The predicted molar refractivity (Wildman–Crippen MR) is 143 cm³/mol. The van der Waals surface area contributed by atoms with E-state index in [2.05, 4.69) is 29.8 Å². The fourth-order valence-corrected chi connectivity index (χ4v) is 4.96. The van der Waals surface area contributed by atoms with Crippen LogP contribution in [0.25, 0.3) is 16.6 Å². The monoisotopic (exact) mass is 537 g/mol. The van der Waals surface area contributed by atoms with E-state index in [0.29, 0.717) is 35.6 Å². The molecule has 1 amide bonds. The lowest BCUT2D eigenvalue weighted by Gasteiger charge is -2.31. The lowest BCUT2D eigenvalue weighted by atomic mass is 10.1. The quantitative estimate of drug-likeness (QED) is 0.261. The van der Waals surface area contributed by atoms with Crippen molar-refractivity contribution in [2.24, 2.45) is 5.92 Å². The van der Waals surface area contributed by atoms with E-state index in [1.54, 1.807) is 22.0 Å². The molecule has 1 unspecified atom stereocenters. The Morgan fingerprint density at radius 2 is 1.79 bits per heavy atom. The lowest BCUT2D eigenvalue weighted by Crippen LogP contribution is -2.39. The molecule has 0 fully saturated rings. The first-order valence-corrected chi connectivity index (χ1v) is 13.1. The normalized spacial score (nSPS) is 12.3. The van der Waals surface area contributed by atoms with Gasteiger partial charge >= 0.3 is 0 Å². The van der Waals surface area contributed by atoms with Gasteiger partial charge in [-0.05, 0) is 67.1 Å². The summed E-state index contributed by atoms with van der Waals surface area (Å²) >= 11 is 5.06. The number of thiophene rings is 1. The van der Waals surface area contributed by atoms with Crippen LogP contribution in [0.2, 0.25) is 0 Å². The maximum atomic E-state index is 13.7. The molecule has 2 aromatic heterocycles. The molecule has 5 nitrogen and oxygen atoms in total. The minimum absolute atomic E-state index is 0.0420. The number of para-hydroxylation sites is 1. The molecule has 2 aromatic carbocycles. The number of halogens is 1. The molecule has 0 aliphatic heterocycles. The van der Waals surface area contributed by atoms with Gasteiger partial charge in [-0.3, -0.25) is 14.2 Å². The zero-order valence-electron chi connectivity index (χ0n) is 19.6. The third-order valence-electron chi connectivity index (χ3n) is 5.90. The predicted octanol–water partition coefficient (Wildman–Crippen LogP) is 6.39. The van der Waals surface area contributed by atoms with Crippen LogP contribution in [0.4, 0.5) is 0 Å². The van der Waals surface area contributed by atoms with Crippen molar-refractivity contribution in [3.8, 4) is 5.69 Å². The molecule has 0 saturated heterocycles. The van der Waals surface area contributed by atoms with Gasteiger partial charge in [-0.2, -0.15) is 0 Å². The van der Waals surface area contributed by atoms with Gasteiger partial charge in [0.2, 0.25) is 5.91 Å². The van der Waals surface area contributed by atoms with E-state index < -0.39 is 0 Å². The number of benzene rings is 2. The van der Waals surface area contributed by atoms with Gasteiger partial charge in [0.15, 0.2) is 0 Å². The fourth-order valence-electron chi connectivity index (χ4n) is 4.00.